The van der Waals surface area contributed by atoms with Crippen LogP contribution in [0.3, 0.4) is 0 Å². The number of methoxy groups -OCH3 is 1. The van der Waals surface area contributed by atoms with Crippen molar-refractivity contribution >= 4 is 5.91 Å². The van der Waals surface area contributed by atoms with E-state index < -0.39 is 0 Å². The van der Waals surface area contributed by atoms with Crippen molar-refractivity contribution in [2.45, 2.75) is 27.2 Å². The molecule has 0 saturated carbocycles. The summed E-state index contributed by atoms with van der Waals surface area (Å²) in [5, 5.41) is 0. The third-order valence-electron chi connectivity index (χ3n) is 3.44. The van der Waals surface area contributed by atoms with Gasteiger partial charge in [0, 0.05) is 18.7 Å². The molecule has 1 amide bonds. The number of amides is 1. The normalized spacial score (nSPS) is 11.2. The van der Waals surface area contributed by atoms with Crippen molar-refractivity contribution in [2.24, 2.45) is 11.1 Å². The number of hydrogen-bond acceptors (Lipinski definition) is 3. The minimum absolute atomic E-state index is 0.0631. The van der Waals surface area contributed by atoms with Crippen LogP contribution in [0.2, 0.25) is 0 Å². The van der Waals surface area contributed by atoms with Crippen LogP contribution in [0.5, 0.6) is 5.75 Å². The van der Waals surface area contributed by atoms with Crippen molar-refractivity contribution in [3.63, 3.8) is 0 Å². The Labute approximate surface area is 121 Å². The van der Waals surface area contributed by atoms with E-state index in [-0.39, 0.29) is 11.3 Å². The van der Waals surface area contributed by atoms with Crippen molar-refractivity contribution in [1.29, 1.82) is 0 Å². The maximum absolute atomic E-state index is 12.4. The molecule has 0 aliphatic heterocycles. The molecular weight excluding hydrogens is 252 g/mol. The summed E-state index contributed by atoms with van der Waals surface area (Å²) in [6, 6.07) is 7.63. The first-order valence-electron chi connectivity index (χ1n) is 7.03. The molecule has 0 saturated heterocycles. The molecule has 1 aromatic carbocycles. The van der Waals surface area contributed by atoms with Gasteiger partial charge in [-0.25, -0.2) is 0 Å². The fourth-order valence-electron chi connectivity index (χ4n) is 2.08. The minimum Gasteiger partial charge on any atom is -0.496 e. The Bertz CT molecular complexity index is 444. The van der Waals surface area contributed by atoms with Gasteiger partial charge in [-0.15, -0.1) is 0 Å². The van der Waals surface area contributed by atoms with Crippen LogP contribution in [-0.4, -0.2) is 37.6 Å². The topological polar surface area (TPSA) is 55.6 Å². The number of benzene rings is 1. The van der Waals surface area contributed by atoms with Crippen LogP contribution in [0.1, 0.15) is 26.3 Å². The fourth-order valence-corrected chi connectivity index (χ4v) is 2.08. The maximum atomic E-state index is 12.4. The molecule has 0 atom stereocenters. The Morgan fingerprint density at radius 3 is 2.55 bits per heavy atom. The third-order valence-corrected chi connectivity index (χ3v) is 3.44. The van der Waals surface area contributed by atoms with Crippen molar-refractivity contribution in [3.8, 4) is 5.75 Å². The van der Waals surface area contributed by atoms with Crippen molar-refractivity contribution in [1.82, 2.24) is 4.90 Å². The molecule has 4 heteroatoms. The third kappa shape index (κ3) is 4.53. The number of likely N-dealkylation sites (N-methyl/N-ethyl adjacent to an activating group) is 1. The minimum atomic E-state index is -0.0631. The van der Waals surface area contributed by atoms with Crippen LogP contribution in [0, 0.1) is 5.41 Å². The molecule has 0 unspecified atom stereocenters. The summed E-state index contributed by atoms with van der Waals surface area (Å²) in [7, 11) is 1.62. The van der Waals surface area contributed by atoms with Gasteiger partial charge in [0.2, 0.25) is 5.91 Å². The maximum Gasteiger partial charge on any atom is 0.227 e. The van der Waals surface area contributed by atoms with Gasteiger partial charge < -0.3 is 15.4 Å². The lowest BCUT2D eigenvalue weighted by molar-refractivity contribution is -0.131. The van der Waals surface area contributed by atoms with Gasteiger partial charge in [-0.1, -0.05) is 32.0 Å². The first-order chi connectivity index (χ1) is 9.43. The van der Waals surface area contributed by atoms with E-state index in [4.69, 9.17) is 10.5 Å². The van der Waals surface area contributed by atoms with Gasteiger partial charge in [0.25, 0.3) is 0 Å². The zero-order chi connectivity index (χ0) is 15.2. The highest BCUT2D eigenvalue weighted by molar-refractivity contribution is 5.79. The van der Waals surface area contributed by atoms with Crippen molar-refractivity contribution in [2.75, 3.05) is 26.7 Å². The predicted molar refractivity (Wildman–Crippen MR) is 81.8 cm³/mol. The molecule has 0 spiro atoms. The predicted octanol–water partition coefficient (Wildman–Crippen LogP) is 2.07. The molecule has 0 aliphatic carbocycles. The van der Waals surface area contributed by atoms with E-state index in [0.29, 0.717) is 26.1 Å². The van der Waals surface area contributed by atoms with E-state index in [2.05, 4.69) is 13.8 Å². The van der Waals surface area contributed by atoms with Gasteiger partial charge in [0.1, 0.15) is 5.75 Å². The number of carbonyl (C=O) groups excluding carboxylic acids is 1. The summed E-state index contributed by atoms with van der Waals surface area (Å²) in [6.45, 7) is 8.07. The number of ether oxygens (including phenoxy) is 1. The summed E-state index contributed by atoms with van der Waals surface area (Å²) in [5.41, 5.74) is 6.61. The average Bonchev–Trinajstić information content (AvgIpc) is 2.45. The summed E-state index contributed by atoms with van der Waals surface area (Å²) >= 11 is 0. The Morgan fingerprint density at radius 1 is 1.35 bits per heavy atom. The molecule has 1 aromatic rings. The van der Waals surface area contributed by atoms with Crippen LogP contribution in [-0.2, 0) is 11.2 Å². The molecule has 0 aromatic heterocycles. The lowest BCUT2D eigenvalue weighted by Gasteiger charge is -2.31. The molecule has 20 heavy (non-hydrogen) atoms. The summed E-state index contributed by atoms with van der Waals surface area (Å²) in [5.74, 6) is 0.869. The summed E-state index contributed by atoms with van der Waals surface area (Å²) in [6.07, 6.45) is 0.360. The number of carbonyl (C=O) groups is 1. The highest BCUT2D eigenvalue weighted by Gasteiger charge is 2.23. The average molecular weight is 278 g/mol. The summed E-state index contributed by atoms with van der Waals surface area (Å²) < 4.78 is 5.29. The Balaban J connectivity index is 2.77. The second-order valence-electron chi connectivity index (χ2n) is 5.76. The van der Waals surface area contributed by atoms with Gasteiger partial charge in [-0.05, 0) is 24.9 Å². The Kier molecular flexibility index (Phi) is 6.02. The molecule has 2 N–H and O–H groups in total. The number of rotatable bonds is 7. The van der Waals surface area contributed by atoms with E-state index in [1.165, 1.54) is 0 Å². The number of nitrogens with two attached hydrogens (primary N) is 1. The molecule has 0 bridgehead atoms. The molecule has 4 nitrogen and oxygen atoms in total. The summed E-state index contributed by atoms with van der Waals surface area (Å²) in [4.78, 5) is 14.3. The van der Waals surface area contributed by atoms with Crippen molar-refractivity contribution < 1.29 is 9.53 Å². The number of hydrogen-bond donors (Lipinski definition) is 1. The Morgan fingerprint density at radius 2 is 2.00 bits per heavy atom. The van der Waals surface area contributed by atoms with Gasteiger partial charge in [-0.2, -0.15) is 0 Å². The van der Waals surface area contributed by atoms with E-state index in [0.717, 1.165) is 11.3 Å². The lowest BCUT2D eigenvalue weighted by atomic mass is 9.93. The largest absolute Gasteiger partial charge is 0.496 e. The van der Waals surface area contributed by atoms with Gasteiger partial charge in [-0.3, -0.25) is 4.79 Å². The van der Waals surface area contributed by atoms with Crippen LogP contribution < -0.4 is 10.5 Å². The molecule has 0 fully saturated rings. The molecule has 0 radical (unpaired) electrons. The van der Waals surface area contributed by atoms with Crippen LogP contribution in [0.25, 0.3) is 0 Å². The Hall–Kier alpha value is -1.55. The smallest absolute Gasteiger partial charge is 0.227 e. The molecule has 0 aliphatic rings. The standard InChI is InChI=1S/C16H26N2O2/c1-5-18(12-16(2,3)11-17)15(19)10-13-8-6-7-9-14(13)20-4/h6-9H,5,10-12,17H2,1-4H3. The molecular formula is C16H26N2O2. The fraction of sp³-hybridized carbons (Fsp3) is 0.562. The van der Waals surface area contributed by atoms with Crippen LogP contribution in [0.4, 0.5) is 0 Å². The lowest BCUT2D eigenvalue weighted by Crippen LogP contribution is -2.42. The van der Waals surface area contributed by atoms with Gasteiger partial charge in [0.05, 0.1) is 13.5 Å². The quantitative estimate of drug-likeness (QED) is 0.830. The van der Waals surface area contributed by atoms with E-state index in [1.807, 2.05) is 36.1 Å². The first kappa shape index (κ1) is 16.5. The highest BCUT2D eigenvalue weighted by atomic mass is 16.5. The number of para-hydroxylation sites is 1. The second-order valence-corrected chi connectivity index (χ2v) is 5.76. The SMILES string of the molecule is CCN(CC(C)(C)CN)C(=O)Cc1ccccc1OC. The van der Waals surface area contributed by atoms with E-state index in [1.54, 1.807) is 7.11 Å². The highest BCUT2D eigenvalue weighted by Crippen LogP contribution is 2.20. The molecule has 112 valence electrons. The van der Waals surface area contributed by atoms with Gasteiger partial charge in [0.15, 0.2) is 0 Å². The zero-order valence-corrected chi connectivity index (χ0v) is 13.0. The zero-order valence-electron chi connectivity index (χ0n) is 13.0. The van der Waals surface area contributed by atoms with Crippen LogP contribution in [0.15, 0.2) is 24.3 Å². The van der Waals surface area contributed by atoms with Crippen molar-refractivity contribution in [3.05, 3.63) is 29.8 Å². The van der Waals surface area contributed by atoms with E-state index >= 15 is 0 Å². The van der Waals surface area contributed by atoms with Crippen LogP contribution >= 0.6 is 0 Å². The molecule has 0 heterocycles. The molecule has 1 rings (SSSR count). The second kappa shape index (κ2) is 7.29. The monoisotopic (exact) mass is 278 g/mol. The van der Waals surface area contributed by atoms with Gasteiger partial charge >= 0.3 is 0 Å². The number of nitrogens with zero attached hydrogens (tertiary/aromatic N) is 1. The van der Waals surface area contributed by atoms with E-state index in [9.17, 15) is 4.79 Å². The first-order valence-corrected chi connectivity index (χ1v) is 7.03.